The lowest BCUT2D eigenvalue weighted by Crippen LogP contribution is -2.22. The fourth-order valence-corrected chi connectivity index (χ4v) is 2.07. The standard InChI is InChI=1S/C14H12INO4/c1-8-12(14(18)19)6-11(20-8)7-16-13(17)9-2-4-10(15)5-3-9/h2-6H,7H2,1H3,(H,16,17)(H,18,19). The van der Waals surface area contributed by atoms with Crippen molar-refractivity contribution >= 4 is 34.5 Å². The molecule has 1 aromatic heterocycles. The number of carbonyl (C=O) groups excluding carboxylic acids is 1. The number of nitrogens with one attached hydrogen (secondary N) is 1. The molecule has 0 aliphatic carbocycles. The molecule has 2 N–H and O–H groups in total. The Hall–Kier alpha value is -1.83. The van der Waals surface area contributed by atoms with E-state index in [1.54, 1.807) is 19.1 Å². The van der Waals surface area contributed by atoms with Gasteiger partial charge < -0.3 is 14.8 Å². The van der Waals surface area contributed by atoms with Gasteiger partial charge in [0.05, 0.1) is 6.54 Å². The normalized spacial score (nSPS) is 10.3. The number of amides is 1. The molecule has 1 aromatic carbocycles. The van der Waals surface area contributed by atoms with Crippen LogP contribution in [0.15, 0.2) is 34.7 Å². The van der Waals surface area contributed by atoms with Crippen molar-refractivity contribution in [3.05, 3.63) is 56.5 Å². The van der Waals surface area contributed by atoms with Crippen molar-refractivity contribution in [2.45, 2.75) is 13.5 Å². The summed E-state index contributed by atoms with van der Waals surface area (Å²) in [6, 6.07) is 8.57. The highest BCUT2D eigenvalue weighted by atomic mass is 127. The second kappa shape index (κ2) is 6.08. The Bertz CT molecular complexity index is 646. The molecule has 0 saturated carbocycles. The summed E-state index contributed by atoms with van der Waals surface area (Å²) in [6.45, 7) is 1.73. The summed E-state index contributed by atoms with van der Waals surface area (Å²) in [5.41, 5.74) is 0.663. The molecule has 104 valence electrons. The zero-order valence-corrected chi connectivity index (χ0v) is 12.8. The molecule has 20 heavy (non-hydrogen) atoms. The van der Waals surface area contributed by atoms with Crippen LogP contribution in [0, 0.1) is 10.5 Å². The summed E-state index contributed by atoms with van der Waals surface area (Å²) in [6.07, 6.45) is 0. The number of furan rings is 1. The van der Waals surface area contributed by atoms with Crippen molar-refractivity contribution < 1.29 is 19.1 Å². The lowest BCUT2D eigenvalue weighted by molar-refractivity contribution is 0.0694. The van der Waals surface area contributed by atoms with Crippen LogP contribution in [0.3, 0.4) is 0 Å². The van der Waals surface area contributed by atoms with Crippen molar-refractivity contribution in [3.8, 4) is 0 Å². The fraction of sp³-hybridized carbons (Fsp3) is 0.143. The third-order valence-electron chi connectivity index (χ3n) is 2.73. The molecule has 0 aliphatic rings. The van der Waals surface area contributed by atoms with E-state index >= 15 is 0 Å². The van der Waals surface area contributed by atoms with Gasteiger partial charge in [0.15, 0.2) is 0 Å². The maximum absolute atomic E-state index is 11.9. The molecule has 2 aromatic rings. The Morgan fingerprint density at radius 2 is 1.95 bits per heavy atom. The molecule has 0 aliphatic heterocycles. The van der Waals surface area contributed by atoms with Crippen LogP contribution in [0.4, 0.5) is 0 Å². The first kappa shape index (κ1) is 14.6. The topological polar surface area (TPSA) is 79.5 Å². The van der Waals surface area contributed by atoms with Gasteiger partial charge in [0.25, 0.3) is 5.91 Å². The van der Waals surface area contributed by atoms with E-state index in [9.17, 15) is 9.59 Å². The first-order chi connectivity index (χ1) is 9.47. The quantitative estimate of drug-likeness (QED) is 0.794. The molecular weight excluding hydrogens is 373 g/mol. The van der Waals surface area contributed by atoms with E-state index in [2.05, 4.69) is 27.9 Å². The van der Waals surface area contributed by atoms with Gasteiger partial charge in [-0.3, -0.25) is 4.79 Å². The number of halogens is 1. The number of rotatable bonds is 4. The van der Waals surface area contributed by atoms with Gasteiger partial charge in [-0.25, -0.2) is 4.79 Å². The maximum atomic E-state index is 11.9. The number of aryl methyl sites for hydroxylation is 1. The average Bonchev–Trinajstić information content (AvgIpc) is 2.78. The van der Waals surface area contributed by atoms with Crippen LogP contribution in [0.2, 0.25) is 0 Å². The minimum absolute atomic E-state index is 0.114. The monoisotopic (exact) mass is 385 g/mol. The Balaban J connectivity index is 2.01. The van der Waals surface area contributed by atoms with Gasteiger partial charge in [-0.1, -0.05) is 0 Å². The van der Waals surface area contributed by atoms with Crippen molar-refractivity contribution in [2.24, 2.45) is 0 Å². The summed E-state index contributed by atoms with van der Waals surface area (Å²) in [4.78, 5) is 22.8. The molecule has 2 rings (SSSR count). The van der Waals surface area contributed by atoms with Crippen LogP contribution < -0.4 is 5.32 Å². The number of benzene rings is 1. The maximum Gasteiger partial charge on any atom is 0.339 e. The highest BCUT2D eigenvalue weighted by Crippen LogP contribution is 2.14. The molecule has 0 fully saturated rings. The third-order valence-corrected chi connectivity index (χ3v) is 3.45. The SMILES string of the molecule is Cc1oc(CNC(=O)c2ccc(I)cc2)cc1C(=O)O. The number of carbonyl (C=O) groups is 2. The highest BCUT2D eigenvalue weighted by Gasteiger charge is 2.14. The molecular formula is C14H12INO4. The second-order valence-corrected chi connectivity index (χ2v) is 5.42. The van der Waals surface area contributed by atoms with Gasteiger partial charge in [-0.2, -0.15) is 0 Å². The third kappa shape index (κ3) is 3.38. The lowest BCUT2D eigenvalue weighted by Gasteiger charge is -2.03. The molecule has 1 heterocycles. The van der Waals surface area contributed by atoms with Crippen LogP contribution in [0.5, 0.6) is 0 Å². The number of hydrogen-bond donors (Lipinski definition) is 2. The van der Waals surface area contributed by atoms with Gasteiger partial charge in [0.1, 0.15) is 17.1 Å². The molecule has 0 bridgehead atoms. The predicted octanol–water partition coefficient (Wildman–Crippen LogP) is 2.82. The van der Waals surface area contributed by atoms with Crippen LogP contribution in [-0.2, 0) is 6.54 Å². The van der Waals surface area contributed by atoms with Gasteiger partial charge in [-0.15, -0.1) is 0 Å². The van der Waals surface area contributed by atoms with Crippen LogP contribution in [0.25, 0.3) is 0 Å². The predicted molar refractivity (Wildman–Crippen MR) is 80.7 cm³/mol. The van der Waals surface area contributed by atoms with E-state index in [0.717, 1.165) is 3.57 Å². The van der Waals surface area contributed by atoms with Gasteiger partial charge in [-0.05, 0) is 59.8 Å². The Morgan fingerprint density at radius 3 is 2.50 bits per heavy atom. The fourth-order valence-electron chi connectivity index (χ4n) is 1.71. The Kier molecular flexibility index (Phi) is 4.43. The van der Waals surface area contributed by atoms with Crippen molar-refractivity contribution in [2.75, 3.05) is 0 Å². The number of aromatic carboxylic acids is 1. The van der Waals surface area contributed by atoms with E-state index in [1.165, 1.54) is 6.07 Å². The second-order valence-electron chi connectivity index (χ2n) is 4.18. The molecule has 1 amide bonds. The Morgan fingerprint density at radius 1 is 1.30 bits per heavy atom. The molecule has 0 radical (unpaired) electrons. The first-order valence-corrected chi connectivity index (χ1v) is 6.91. The van der Waals surface area contributed by atoms with E-state index in [0.29, 0.717) is 17.1 Å². The van der Waals surface area contributed by atoms with Crippen LogP contribution >= 0.6 is 22.6 Å². The van der Waals surface area contributed by atoms with E-state index < -0.39 is 5.97 Å². The molecule has 6 heteroatoms. The minimum Gasteiger partial charge on any atom is -0.478 e. The van der Waals surface area contributed by atoms with E-state index in [-0.39, 0.29) is 18.0 Å². The minimum atomic E-state index is -1.04. The van der Waals surface area contributed by atoms with Gasteiger partial charge in [0, 0.05) is 9.13 Å². The van der Waals surface area contributed by atoms with Crippen molar-refractivity contribution in [1.82, 2.24) is 5.32 Å². The van der Waals surface area contributed by atoms with Crippen LogP contribution in [0.1, 0.15) is 32.2 Å². The number of hydrogen-bond acceptors (Lipinski definition) is 3. The van der Waals surface area contributed by atoms with Gasteiger partial charge in [0.2, 0.25) is 0 Å². The summed E-state index contributed by atoms with van der Waals surface area (Å²) in [5, 5.41) is 11.6. The molecule has 0 saturated heterocycles. The number of carboxylic acids is 1. The Labute approximate surface area is 129 Å². The van der Waals surface area contributed by atoms with Crippen molar-refractivity contribution in [3.63, 3.8) is 0 Å². The summed E-state index contributed by atoms with van der Waals surface area (Å²) >= 11 is 2.16. The smallest absolute Gasteiger partial charge is 0.339 e. The zero-order valence-electron chi connectivity index (χ0n) is 10.6. The number of carboxylic acid groups (broad SMARTS) is 1. The first-order valence-electron chi connectivity index (χ1n) is 5.83. The largest absolute Gasteiger partial charge is 0.478 e. The lowest BCUT2D eigenvalue weighted by atomic mass is 10.2. The van der Waals surface area contributed by atoms with Crippen molar-refractivity contribution in [1.29, 1.82) is 0 Å². The summed E-state index contributed by atoms with van der Waals surface area (Å²) in [5.74, 6) is -0.524. The highest BCUT2D eigenvalue weighted by molar-refractivity contribution is 14.1. The molecule has 5 nitrogen and oxygen atoms in total. The molecule has 0 unspecified atom stereocenters. The van der Waals surface area contributed by atoms with Crippen LogP contribution in [-0.4, -0.2) is 17.0 Å². The molecule has 0 spiro atoms. The van der Waals surface area contributed by atoms with E-state index in [1.807, 2.05) is 12.1 Å². The molecule has 0 atom stereocenters. The zero-order chi connectivity index (χ0) is 14.7. The van der Waals surface area contributed by atoms with Gasteiger partial charge >= 0.3 is 5.97 Å². The average molecular weight is 385 g/mol. The summed E-state index contributed by atoms with van der Waals surface area (Å²) in [7, 11) is 0. The summed E-state index contributed by atoms with van der Waals surface area (Å²) < 4.78 is 6.33. The van der Waals surface area contributed by atoms with E-state index in [4.69, 9.17) is 9.52 Å².